The highest BCUT2D eigenvalue weighted by Gasteiger charge is 2.13. The number of esters is 1. The van der Waals surface area contributed by atoms with Gasteiger partial charge < -0.3 is 10.1 Å². The van der Waals surface area contributed by atoms with E-state index in [2.05, 4.69) is 16.1 Å². The van der Waals surface area contributed by atoms with E-state index < -0.39 is 0 Å². The zero-order valence-electron chi connectivity index (χ0n) is 13.8. The minimum Gasteiger partial charge on any atom is -0.465 e. The highest BCUT2D eigenvalue weighted by atomic mass is 16.5. The lowest BCUT2D eigenvalue weighted by atomic mass is 9.90. The van der Waals surface area contributed by atoms with Gasteiger partial charge >= 0.3 is 5.97 Å². The molecule has 1 aliphatic rings. The number of hydrogen-bond donors (Lipinski definition) is 1. The van der Waals surface area contributed by atoms with Crippen molar-refractivity contribution in [1.82, 2.24) is 5.32 Å². The number of aryl methyl sites for hydroxylation is 2. The smallest absolute Gasteiger partial charge is 0.337 e. The summed E-state index contributed by atoms with van der Waals surface area (Å²) >= 11 is 0. The molecule has 0 spiro atoms. The van der Waals surface area contributed by atoms with Gasteiger partial charge in [0.2, 0.25) is 0 Å². The second-order valence-corrected chi connectivity index (χ2v) is 6.06. The second-order valence-electron chi connectivity index (χ2n) is 6.06. The topological polar surface area (TPSA) is 55.4 Å². The number of methoxy groups -OCH3 is 1. The Morgan fingerprint density at radius 3 is 2.33 bits per heavy atom. The monoisotopic (exact) mass is 323 g/mol. The Morgan fingerprint density at radius 1 is 0.958 bits per heavy atom. The summed E-state index contributed by atoms with van der Waals surface area (Å²) in [4.78, 5) is 23.7. The Bertz CT molecular complexity index is 750. The molecule has 124 valence electrons. The zero-order chi connectivity index (χ0) is 16.9. The van der Waals surface area contributed by atoms with E-state index in [1.54, 1.807) is 12.1 Å². The normalized spacial score (nSPS) is 13.0. The number of amides is 1. The van der Waals surface area contributed by atoms with Crippen LogP contribution in [0.25, 0.3) is 0 Å². The predicted molar refractivity (Wildman–Crippen MR) is 92.0 cm³/mol. The molecule has 0 saturated heterocycles. The van der Waals surface area contributed by atoms with E-state index in [-0.39, 0.29) is 11.9 Å². The van der Waals surface area contributed by atoms with E-state index in [0.717, 1.165) is 18.4 Å². The first-order chi connectivity index (χ1) is 11.7. The number of nitrogens with one attached hydrogen (secondary N) is 1. The van der Waals surface area contributed by atoms with Crippen LogP contribution in [0.15, 0.2) is 42.5 Å². The highest BCUT2D eigenvalue weighted by molar-refractivity contribution is 5.94. The van der Waals surface area contributed by atoms with Gasteiger partial charge in [-0.2, -0.15) is 0 Å². The molecule has 0 aromatic heterocycles. The fourth-order valence-electron chi connectivity index (χ4n) is 3.04. The van der Waals surface area contributed by atoms with Gasteiger partial charge in [-0.25, -0.2) is 4.79 Å². The van der Waals surface area contributed by atoms with Crippen molar-refractivity contribution in [1.29, 1.82) is 0 Å². The summed E-state index contributed by atoms with van der Waals surface area (Å²) in [5.41, 5.74) is 4.82. The summed E-state index contributed by atoms with van der Waals surface area (Å²) in [5.74, 6) is -0.430. The quantitative estimate of drug-likeness (QED) is 0.879. The minimum absolute atomic E-state index is 0.0691. The zero-order valence-corrected chi connectivity index (χ0v) is 13.8. The van der Waals surface area contributed by atoms with Gasteiger partial charge in [0.15, 0.2) is 0 Å². The number of rotatable bonds is 4. The molecule has 0 bridgehead atoms. The molecular formula is C20H21NO3. The van der Waals surface area contributed by atoms with E-state index in [0.29, 0.717) is 17.7 Å². The van der Waals surface area contributed by atoms with Crippen LogP contribution < -0.4 is 5.32 Å². The summed E-state index contributed by atoms with van der Waals surface area (Å²) < 4.78 is 4.67. The lowest BCUT2D eigenvalue weighted by Crippen LogP contribution is -2.23. The summed E-state index contributed by atoms with van der Waals surface area (Å²) in [7, 11) is 1.36. The molecule has 2 aromatic rings. The van der Waals surface area contributed by atoms with E-state index in [1.807, 2.05) is 24.3 Å². The third-order valence-corrected chi connectivity index (χ3v) is 4.44. The predicted octanol–water partition coefficient (Wildman–Crippen LogP) is 3.28. The van der Waals surface area contributed by atoms with Crippen LogP contribution in [-0.4, -0.2) is 19.0 Å². The van der Waals surface area contributed by atoms with E-state index >= 15 is 0 Å². The van der Waals surface area contributed by atoms with E-state index in [9.17, 15) is 9.59 Å². The highest BCUT2D eigenvalue weighted by Crippen LogP contribution is 2.22. The summed E-state index contributed by atoms with van der Waals surface area (Å²) in [5, 5.41) is 2.93. The summed E-state index contributed by atoms with van der Waals surface area (Å²) in [6.45, 7) is 0.428. The fourth-order valence-corrected chi connectivity index (χ4v) is 3.04. The number of fused-ring (bicyclic) bond motifs is 1. The summed E-state index contributed by atoms with van der Waals surface area (Å²) in [6, 6.07) is 13.0. The number of ether oxygens (including phenoxy) is 1. The van der Waals surface area contributed by atoms with Crippen molar-refractivity contribution in [2.75, 3.05) is 7.11 Å². The second kappa shape index (κ2) is 7.30. The maximum atomic E-state index is 12.3. The van der Waals surface area contributed by atoms with Crippen molar-refractivity contribution in [3.05, 3.63) is 70.3 Å². The number of carbonyl (C=O) groups excluding carboxylic acids is 2. The van der Waals surface area contributed by atoms with Crippen LogP contribution in [0.3, 0.4) is 0 Å². The first kappa shape index (κ1) is 16.2. The van der Waals surface area contributed by atoms with Crippen molar-refractivity contribution in [3.63, 3.8) is 0 Å². The molecule has 3 rings (SSSR count). The molecule has 4 nitrogen and oxygen atoms in total. The average molecular weight is 323 g/mol. The van der Waals surface area contributed by atoms with Gasteiger partial charge in [-0.1, -0.05) is 18.2 Å². The maximum absolute atomic E-state index is 12.3. The summed E-state index contributed by atoms with van der Waals surface area (Å²) in [6.07, 6.45) is 4.61. The molecule has 0 fully saturated rings. The molecule has 0 saturated carbocycles. The molecule has 24 heavy (non-hydrogen) atoms. The van der Waals surface area contributed by atoms with Crippen LogP contribution in [0, 0.1) is 0 Å². The maximum Gasteiger partial charge on any atom is 0.337 e. The van der Waals surface area contributed by atoms with Crippen LogP contribution in [0.4, 0.5) is 0 Å². The third-order valence-electron chi connectivity index (χ3n) is 4.44. The van der Waals surface area contributed by atoms with Crippen LogP contribution >= 0.6 is 0 Å². The molecule has 4 heteroatoms. The Morgan fingerprint density at radius 2 is 1.62 bits per heavy atom. The molecule has 0 aliphatic heterocycles. The van der Waals surface area contributed by atoms with Gasteiger partial charge in [0.05, 0.1) is 12.7 Å². The molecule has 0 unspecified atom stereocenters. The van der Waals surface area contributed by atoms with Gasteiger partial charge in [-0.05, 0) is 66.6 Å². The first-order valence-corrected chi connectivity index (χ1v) is 8.24. The van der Waals surface area contributed by atoms with Gasteiger partial charge in [-0.3, -0.25) is 4.79 Å². The Kier molecular flexibility index (Phi) is 4.94. The number of hydrogen-bond acceptors (Lipinski definition) is 3. The molecule has 2 aromatic carbocycles. The van der Waals surface area contributed by atoms with Crippen LogP contribution in [0.2, 0.25) is 0 Å². The standard InChI is InChI=1S/C20H21NO3/c1-24-20(23)16-8-6-14(7-9-16)13-21-19(22)18-11-10-15-4-2-3-5-17(15)12-18/h6-12H,2-5,13H2,1H3,(H,21,22). The van der Waals surface area contributed by atoms with Crippen molar-refractivity contribution in [2.45, 2.75) is 32.2 Å². The minimum atomic E-state index is -0.361. The first-order valence-electron chi connectivity index (χ1n) is 8.24. The van der Waals surface area contributed by atoms with Crippen molar-refractivity contribution in [3.8, 4) is 0 Å². The fraction of sp³-hybridized carbons (Fsp3) is 0.300. The molecule has 0 atom stereocenters. The average Bonchev–Trinajstić information content (AvgIpc) is 2.65. The van der Waals surface area contributed by atoms with Crippen LogP contribution in [-0.2, 0) is 24.1 Å². The van der Waals surface area contributed by atoms with Gasteiger partial charge in [0.25, 0.3) is 5.91 Å². The Labute approximate surface area is 141 Å². The van der Waals surface area contributed by atoms with E-state index in [1.165, 1.54) is 31.1 Å². The largest absolute Gasteiger partial charge is 0.465 e. The SMILES string of the molecule is COC(=O)c1ccc(CNC(=O)c2ccc3c(c2)CCCC3)cc1. The van der Waals surface area contributed by atoms with Crippen molar-refractivity contribution in [2.24, 2.45) is 0 Å². The molecule has 1 N–H and O–H groups in total. The Hall–Kier alpha value is -2.62. The van der Waals surface area contributed by atoms with Gasteiger partial charge in [0, 0.05) is 12.1 Å². The molecular weight excluding hydrogens is 302 g/mol. The van der Waals surface area contributed by atoms with Crippen LogP contribution in [0.5, 0.6) is 0 Å². The molecule has 1 aliphatic carbocycles. The van der Waals surface area contributed by atoms with E-state index in [4.69, 9.17) is 0 Å². The number of carbonyl (C=O) groups is 2. The van der Waals surface area contributed by atoms with Crippen molar-refractivity contribution < 1.29 is 14.3 Å². The molecule has 0 heterocycles. The third kappa shape index (κ3) is 3.65. The molecule has 1 amide bonds. The van der Waals surface area contributed by atoms with Crippen molar-refractivity contribution >= 4 is 11.9 Å². The lowest BCUT2D eigenvalue weighted by molar-refractivity contribution is 0.0600. The van der Waals surface area contributed by atoms with Gasteiger partial charge in [0.1, 0.15) is 0 Å². The molecule has 0 radical (unpaired) electrons. The van der Waals surface area contributed by atoms with Crippen LogP contribution in [0.1, 0.15) is 50.2 Å². The number of benzene rings is 2. The lowest BCUT2D eigenvalue weighted by Gasteiger charge is -2.16. The van der Waals surface area contributed by atoms with Gasteiger partial charge in [-0.15, -0.1) is 0 Å². The Balaban J connectivity index is 1.62.